The highest BCUT2D eigenvalue weighted by Gasteiger charge is 2.34. The summed E-state index contributed by atoms with van der Waals surface area (Å²) < 4.78 is 11.4. The number of carbonyl (C=O) groups is 1. The number of rotatable bonds is 6. The van der Waals surface area contributed by atoms with Gasteiger partial charge in [0.25, 0.3) is 0 Å². The lowest BCUT2D eigenvalue weighted by molar-refractivity contribution is 0.235. The minimum atomic E-state index is -0.979. The van der Waals surface area contributed by atoms with Crippen LogP contribution in [0.2, 0.25) is 0 Å². The van der Waals surface area contributed by atoms with Gasteiger partial charge in [-0.25, -0.2) is 9.78 Å². The summed E-state index contributed by atoms with van der Waals surface area (Å²) in [6.45, 7) is 0.442. The average molecular weight is 349 g/mol. The summed E-state index contributed by atoms with van der Waals surface area (Å²) in [7, 11) is -0.979. The molecule has 3 rings (SSSR count). The fourth-order valence-electron chi connectivity index (χ4n) is 2.37. The second-order valence-corrected chi connectivity index (χ2v) is 7.92. The van der Waals surface area contributed by atoms with Gasteiger partial charge in [-0.2, -0.15) is 0 Å². The Morgan fingerprint density at radius 2 is 2.13 bits per heavy atom. The van der Waals surface area contributed by atoms with Crippen LogP contribution in [-0.2, 0) is 17.3 Å². The molecule has 5 nitrogen and oxygen atoms in total. The molecule has 1 heterocycles. The van der Waals surface area contributed by atoms with Gasteiger partial charge in [0.05, 0.1) is 6.04 Å². The third kappa shape index (κ3) is 4.39. The zero-order valence-corrected chi connectivity index (χ0v) is 14.5. The summed E-state index contributed by atoms with van der Waals surface area (Å²) in [4.78, 5) is 17.2. The maximum absolute atomic E-state index is 12.1. The maximum atomic E-state index is 12.1. The van der Waals surface area contributed by atoms with Gasteiger partial charge in [0.1, 0.15) is 5.01 Å². The third-order valence-corrected chi connectivity index (χ3v) is 5.60. The van der Waals surface area contributed by atoms with Crippen molar-refractivity contribution in [2.24, 2.45) is 5.92 Å². The zero-order valence-electron chi connectivity index (χ0n) is 12.8. The topological polar surface area (TPSA) is 71.1 Å². The molecule has 0 radical (unpaired) electrons. The molecule has 7 heteroatoms. The molecular formula is C16H19N3O2S2. The summed E-state index contributed by atoms with van der Waals surface area (Å²) in [6.07, 6.45) is 5.70. The van der Waals surface area contributed by atoms with Crippen LogP contribution in [0, 0.1) is 5.92 Å². The fraction of sp³-hybridized carbons (Fsp3) is 0.375. The maximum Gasteiger partial charge on any atom is 0.315 e. The Bertz CT molecular complexity index is 682. The Hall–Kier alpha value is -1.73. The van der Waals surface area contributed by atoms with E-state index in [0.717, 1.165) is 28.3 Å². The lowest BCUT2D eigenvalue weighted by Gasteiger charge is -2.16. The number of benzene rings is 1. The van der Waals surface area contributed by atoms with E-state index in [0.29, 0.717) is 12.5 Å². The van der Waals surface area contributed by atoms with Crippen molar-refractivity contribution in [2.75, 3.05) is 6.26 Å². The van der Waals surface area contributed by atoms with E-state index in [1.54, 1.807) is 23.8 Å². The van der Waals surface area contributed by atoms with E-state index in [9.17, 15) is 9.00 Å². The fourth-order valence-corrected chi connectivity index (χ4v) is 3.67. The predicted molar refractivity (Wildman–Crippen MR) is 91.7 cm³/mol. The highest BCUT2D eigenvalue weighted by atomic mass is 32.2. The molecule has 1 saturated carbocycles. The molecule has 1 fully saturated rings. The second-order valence-electron chi connectivity index (χ2n) is 5.61. The molecule has 1 aromatic heterocycles. The van der Waals surface area contributed by atoms with Crippen molar-refractivity contribution in [3.63, 3.8) is 0 Å². The molecule has 1 aliphatic carbocycles. The number of urea groups is 1. The Morgan fingerprint density at radius 3 is 2.70 bits per heavy atom. The van der Waals surface area contributed by atoms with Crippen molar-refractivity contribution in [1.29, 1.82) is 0 Å². The molecule has 2 N–H and O–H groups in total. The summed E-state index contributed by atoms with van der Waals surface area (Å²) in [5.41, 5.74) is 0.978. The SMILES string of the molecule is CS(=O)c1ccc(CNC(=O)NC(c2nccs2)C2CC2)cc1. The van der Waals surface area contributed by atoms with E-state index in [-0.39, 0.29) is 12.1 Å². The summed E-state index contributed by atoms with van der Waals surface area (Å²) >= 11 is 1.58. The minimum absolute atomic E-state index is 0.0138. The third-order valence-electron chi connectivity index (χ3n) is 3.81. The molecule has 0 aliphatic heterocycles. The van der Waals surface area contributed by atoms with E-state index in [4.69, 9.17) is 0 Å². The minimum Gasteiger partial charge on any atom is -0.334 e. The molecule has 122 valence electrons. The molecule has 2 amide bonds. The highest BCUT2D eigenvalue weighted by Crippen LogP contribution is 2.41. The van der Waals surface area contributed by atoms with E-state index in [1.807, 2.05) is 29.6 Å². The molecule has 0 spiro atoms. The average Bonchev–Trinajstić information content (AvgIpc) is 3.25. The van der Waals surface area contributed by atoms with Gasteiger partial charge in [-0.05, 0) is 36.5 Å². The molecule has 2 aromatic rings. The van der Waals surface area contributed by atoms with E-state index >= 15 is 0 Å². The largest absolute Gasteiger partial charge is 0.334 e. The number of hydrogen-bond donors (Lipinski definition) is 2. The van der Waals surface area contributed by atoms with Crippen LogP contribution in [0.4, 0.5) is 4.79 Å². The van der Waals surface area contributed by atoms with Crippen LogP contribution in [0.15, 0.2) is 40.7 Å². The quantitative estimate of drug-likeness (QED) is 0.842. The summed E-state index contributed by atoms with van der Waals surface area (Å²) in [5.74, 6) is 0.505. The van der Waals surface area contributed by atoms with Crippen LogP contribution < -0.4 is 10.6 Å². The lowest BCUT2D eigenvalue weighted by atomic mass is 10.2. The number of hydrogen-bond acceptors (Lipinski definition) is 4. The van der Waals surface area contributed by atoms with Gasteiger partial charge < -0.3 is 10.6 Å². The molecule has 2 atom stereocenters. The number of thiazole rings is 1. The van der Waals surface area contributed by atoms with Gasteiger partial charge in [0, 0.05) is 40.1 Å². The first-order valence-corrected chi connectivity index (χ1v) is 9.93. The second kappa shape index (κ2) is 7.23. The smallest absolute Gasteiger partial charge is 0.315 e. The normalized spacial score (nSPS) is 16.6. The predicted octanol–water partition coefficient (Wildman–Crippen LogP) is 2.83. The first kappa shape index (κ1) is 16.1. The van der Waals surface area contributed by atoms with Gasteiger partial charge in [-0.3, -0.25) is 4.21 Å². The molecular weight excluding hydrogens is 330 g/mol. The Labute approximate surface area is 142 Å². The van der Waals surface area contributed by atoms with Crippen LogP contribution in [0.5, 0.6) is 0 Å². The number of carbonyl (C=O) groups excluding carboxylic acids is 1. The van der Waals surface area contributed by atoms with Crippen molar-refractivity contribution in [1.82, 2.24) is 15.6 Å². The molecule has 2 unspecified atom stereocenters. The van der Waals surface area contributed by atoms with Gasteiger partial charge >= 0.3 is 6.03 Å². The number of nitrogens with zero attached hydrogens (tertiary/aromatic N) is 1. The van der Waals surface area contributed by atoms with E-state index < -0.39 is 10.8 Å². The van der Waals surface area contributed by atoms with Crippen LogP contribution in [0.1, 0.15) is 29.5 Å². The van der Waals surface area contributed by atoms with Gasteiger partial charge in [-0.15, -0.1) is 11.3 Å². The Morgan fingerprint density at radius 1 is 1.39 bits per heavy atom. The van der Waals surface area contributed by atoms with E-state index in [2.05, 4.69) is 15.6 Å². The van der Waals surface area contributed by atoms with Crippen molar-refractivity contribution in [2.45, 2.75) is 30.3 Å². The molecule has 23 heavy (non-hydrogen) atoms. The monoisotopic (exact) mass is 349 g/mol. The summed E-state index contributed by atoms with van der Waals surface area (Å²) in [5, 5.41) is 8.81. The van der Waals surface area contributed by atoms with Crippen molar-refractivity contribution in [3.05, 3.63) is 46.4 Å². The van der Waals surface area contributed by atoms with Crippen LogP contribution in [-0.4, -0.2) is 21.5 Å². The Balaban J connectivity index is 1.53. The van der Waals surface area contributed by atoms with Crippen LogP contribution in [0.25, 0.3) is 0 Å². The van der Waals surface area contributed by atoms with Crippen molar-refractivity contribution >= 4 is 28.2 Å². The molecule has 1 aromatic carbocycles. The van der Waals surface area contributed by atoms with Crippen molar-refractivity contribution < 1.29 is 9.00 Å². The molecule has 0 saturated heterocycles. The molecule has 0 bridgehead atoms. The van der Waals surface area contributed by atoms with Crippen LogP contribution in [0.3, 0.4) is 0 Å². The van der Waals surface area contributed by atoms with Crippen LogP contribution >= 0.6 is 11.3 Å². The van der Waals surface area contributed by atoms with Gasteiger partial charge in [-0.1, -0.05) is 12.1 Å². The highest BCUT2D eigenvalue weighted by molar-refractivity contribution is 7.84. The van der Waals surface area contributed by atoms with Gasteiger partial charge in [0.15, 0.2) is 0 Å². The van der Waals surface area contributed by atoms with E-state index in [1.165, 1.54) is 0 Å². The number of nitrogens with one attached hydrogen (secondary N) is 2. The Kier molecular flexibility index (Phi) is 5.07. The summed E-state index contributed by atoms with van der Waals surface area (Å²) in [6, 6.07) is 7.26. The molecule has 1 aliphatic rings. The first-order valence-electron chi connectivity index (χ1n) is 7.49. The number of amides is 2. The van der Waals surface area contributed by atoms with Gasteiger partial charge in [0.2, 0.25) is 0 Å². The number of aromatic nitrogens is 1. The lowest BCUT2D eigenvalue weighted by Crippen LogP contribution is -2.38. The first-order chi connectivity index (χ1) is 11.1. The standard InChI is InChI=1S/C16H19N3O2S2/c1-23(21)13-6-2-11(3-7-13)10-18-16(20)19-14(12-4-5-12)15-17-8-9-22-15/h2-3,6-9,12,14H,4-5,10H2,1H3,(H2,18,19,20). The van der Waals surface area contributed by atoms with Crippen molar-refractivity contribution in [3.8, 4) is 0 Å². The zero-order chi connectivity index (χ0) is 16.2.